The number of thiophene rings is 1. The Bertz CT molecular complexity index is 799. The molecule has 0 aliphatic carbocycles. The molecular weight excluding hydrogens is 364 g/mol. The Kier molecular flexibility index (Phi) is 6.76. The molecular formula is C19H22N4OS2. The summed E-state index contributed by atoms with van der Waals surface area (Å²) in [5, 5.41) is 3.71. The Morgan fingerprint density at radius 2 is 2.15 bits per heavy atom. The van der Waals surface area contributed by atoms with Crippen molar-refractivity contribution in [2.75, 3.05) is 20.3 Å². The zero-order chi connectivity index (χ0) is 18.2. The van der Waals surface area contributed by atoms with Crippen molar-refractivity contribution in [2.24, 2.45) is 4.99 Å². The lowest BCUT2D eigenvalue weighted by Crippen LogP contribution is -2.43. The van der Waals surface area contributed by atoms with Crippen molar-refractivity contribution in [1.82, 2.24) is 16.2 Å². The van der Waals surface area contributed by atoms with Gasteiger partial charge in [0, 0.05) is 37.8 Å². The number of methoxy groups -OCH3 is 1. The van der Waals surface area contributed by atoms with E-state index >= 15 is 0 Å². The first-order chi connectivity index (χ1) is 12.8. The first-order valence-electron chi connectivity index (χ1n) is 8.49. The Morgan fingerprint density at radius 3 is 2.96 bits per heavy atom. The maximum Gasteiger partial charge on any atom is 0.185 e. The van der Waals surface area contributed by atoms with Gasteiger partial charge in [0.15, 0.2) is 5.11 Å². The Balaban J connectivity index is 1.66. The van der Waals surface area contributed by atoms with Gasteiger partial charge >= 0.3 is 0 Å². The summed E-state index contributed by atoms with van der Waals surface area (Å²) in [6.45, 7) is 1.48. The van der Waals surface area contributed by atoms with Gasteiger partial charge < -0.3 is 10.1 Å². The van der Waals surface area contributed by atoms with Gasteiger partial charge in [-0.25, -0.2) is 0 Å². The molecule has 0 spiro atoms. The molecule has 0 bridgehead atoms. The molecule has 26 heavy (non-hydrogen) atoms. The van der Waals surface area contributed by atoms with Gasteiger partial charge in [-0.05, 0) is 30.3 Å². The van der Waals surface area contributed by atoms with Gasteiger partial charge in [0.1, 0.15) is 0 Å². The van der Waals surface area contributed by atoms with E-state index in [1.165, 1.54) is 10.4 Å². The summed E-state index contributed by atoms with van der Waals surface area (Å²) in [5.41, 5.74) is 9.46. The third kappa shape index (κ3) is 4.91. The summed E-state index contributed by atoms with van der Waals surface area (Å²) in [6, 6.07) is 12.5. The van der Waals surface area contributed by atoms with Crippen LogP contribution in [0.15, 0.2) is 47.5 Å². The van der Waals surface area contributed by atoms with Gasteiger partial charge in [-0.15, -0.1) is 11.3 Å². The number of hydrogen-bond donors (Lipinski definition) is 3. The predicted octanol–water partition coefficient (Wildman–Crippen LogP) is 3.87. The molecule has 0 saturated heterocycles. The number of ether oxygens (including phenoxy) is 1. The fraction of sp³-hybridized carbons (Fsp3) is 0.263. The van der Waals surface area contributed by atoms with Gasteiger partial charge in [-0.1, -0.05) is 36.4 Å². The molecule has 7 heteroatoms. The molecule has 0 unspecified atom stereocenters. The number of fused-ring (bicyclic) bond motifs is 1. The highest BCUT2D eigenvalue weighted by Gasteiger charge is 2.15. The maximum absolute atomic E-state index is 5.31. The summed E-state index contributed by atoms with van der Waals surface area (Å²) >= 11 is 7.03. The molecule has 3 rings (SSSR count). The van der Waals surface area contributed by atoms with E-state index < -0.39 is 0 Å². The number of hydrogen-bond acceptors (Lipinski definition) is 5. The van der Waals surface area contributed by atoms with Crippen LogP contribution in [0.2, 0.25) is 0 Å². The number of rotatable bonds is 7. The molecule has 0 atom stereocenters. The molecule has 1 aliphatic rings. The van der Waals surface area contributed by atoms with Crippen molar-refractivity contribution in [3.05, 3.63) is 47.4 Å². The molecule has 0 saturated carbocycles. The fourth-order valence-electron chi connectivity index (χ4n) is 2.52. The minimum atomic E-state index is 0.563. The molecule has 5 nitrogen and oxygen atoms in total. The second-order valence-corrected chi connectivity index (χ2v) is 7.17. The van der Waals surface area contributed by atoms with Gasteiger partial charge in [0.2, 0.25) is 0 Å². The van der Waals surface area contributed by atoms with Gasteiger partial charge in [-0.2, -0.15) is 0 Å². The summed E-state index contributed by atoms with van der Waals surface area (Å²) in [6.07, 6.45) is 5.72. The molecule has 1 aromatic heterocycles. The van der Waals surface area contributed by atoms with Crippen molar-refractivity contribution < 1.29 is 4.74 Å². The fourth-order valence-corrected chi connectivity index (χ4v) is 3.78. The monoisotopic (exact) mass is 386 g/mol. The molecule has 136 valence electrons. The van der Waals surface area contributed by atoms with Crippen molar-refractivity contribution in [2.45, 2.75) is 12.8 Å². The molecule has 0 radical (unpaired) electrons. The van der Waals surface area contributed by atoms with Crippen LogP contribution in [-0.2, 0) is 4.74 Å². The van der Waals surface area contributed by atoms with Crippen LogP contribution in [0.25, 0.3) is 16.1 Å². The van der Waals surface area contributed by atoms with Crippen LogP contribution in [0.5, 0.6) is 0 Å². The van der Waals surface area contributed by atoms with Crippen LogP contribution in [0.4, 0.5) is 5.69 Å². The predicted molar refractivity (Wildman–Crippen MR) is 114 cm³/mol. The number of nitrogens with zero attached hydrogens (tertiary/aromatic N) is 1. The number of thiocarbonyl (C=S) groups is 1. The third-order valence-electron chi connectivity index (χ3n) is 3.79. The maximum atomic E-state index is 5.31. The third-order valence-corrected chi connectivity index (χ3v) is 5.25. The van der Waals surface area contributed by atoms with Crippen LogP contribution in [0, 0.1) is 0 Å². The minimum absolute atomic E-state index is 0.563. The van der Waals surface area contributed by atoms with E-state index in [0.29, 0.717) is 11.7 Å². The van der Waals surface area contributed by atoms with Crippen molar-refractivity contribution >= 4 is 46.3 Å². The van der Waals surface area contributed by atoms with E-state index in [9.17, 15) is 0 Å². The summed E-state index contributed by atoms with van der Waals surface area (Å²) in [4.78, 5) is 6.88. The average molecular weight is 387 g/mol. The van der Waals surface area contributed by atoms with Crippen molar-refractivity contribution in [3.63, 3.8) is 0 Å². The number of allylic oxidation sites excluding steroid dienone is 1. The van der Waals surface area contributed by atoms with Crippen LogP contribution in [0.3, 0.4) is 0 Å². The summed E-state index contributed by atoms with van der Waals surface area (Å²) in [7, 11) is 1.70. The molecule has 2 aromatic rings. The quantitative estimate of drug-likeness (QED) is 0.383. The molecule has 0 amide bonds. The second-order valence-electron chi connectivity index (χ2n) is 5.71. The highest BCUT2D eigenvalue weighted by Crippen LogP contribution is 2.40. The largest absolute Gasteiger partial charge is 0.385 e. The standard InChI is InChI=1S/C19H22N4OS2/c1-24-12-6-11-21-19(25)23-22-15-9-5-10-20-16-13-17(26-18(15)16)14-7-3-2-4-8-14/h2-4,7-10,13,22H,5-6,11-12H2,1H3,(H2,21,23,25). The lowest BCUT2D eigenvalue weighted by atomic mass is 10.2. The Hall–Kier alpha value is -2.22. The minimum Gasteiger partial charge on any atom is -0.385 e. The average Bonchev–Trinajstić information content (AvgIpc) is 3.00. The van der Waals surface area contributed by atoms with Crippen LogP contribution in [-0.4, -0.2) is 31.6 Å². The number of benzene rings is 1. The molecule has 0 fully saturated rings. The van der Waals surface area contributed by atoms with Gasteiger partial charge in [0.05, 0.1) is 16.3 Å². The topological polar surface area (TPSA) is 57.7 Å². The highest BCUT2D eigenvalue weighted by atomic mass is 32.1. The second kappa shape index (κ2) is 9.47. The number of nitrogens with one attached hydrogen (secondary N) is 3. The van der Waals surface area contributed by atoms with Crippen molar-refractivity contribution in [1.29, 1.82) is 0 Å². The number of hydrazine groups is 1. The Labute approximate surface area is 163 Å². The van der Waals surface area contributed by atoms with Crippen LogP contribution < -0.4 is 16.2 Å². The lowest BCUT2D eigenvalue weighted by molar-refractivity contribution is 0.195. The van der Waals surface area contributed by atoms with Gasteiger partial charge in [-0.3, -0.25) is 15.8 Å². The zero-order valence-corrected chi connectivity index (χ0v) is 16.3. The van der Waals surface area contributed by atoms with Crippen LogP contribution >= 0.6 is 23.6 Å². The molecule has 3 N–H and O–H groups in total. The van der Waals surface area contributed by atoms with E-state index in [1.807, 2.05) is 24.4 Å². The Morgan fingerprint density at radius 1 is 1.31 bits per heavy atom. The smallest absolute Gasteiger partial charge is 0.185 e. The van der Waals surface area contributed by atoms with Gasteiger partial charge in [0.25, 0.3) is 0 Å². The van der Waals surface area contributed by atoms with E-state index in [2.05, 4.69) is 45.4 Å². The number of aliphatic imine (C=N–C) groups is 1. The van der Waals surface area contributed by atoms with Crippen LogP contribution in [0.1, 0.15) is 17.7 Å². The molecule has 1 aliphatic heterocycles. The normalized spacial score (nSPS) is 12.7. The van der Waals surface area contributed by atoms with E-state index in [1.54, 1.807) is 18.4 Å². The van der Waals surface area contributed by atoms with E-state index in [0.717, 1.165) is 35.6 Å². The molecule has 2 heterocycles. The lowest BCUT2D eigenvalue weighted by Gasteiger charge is -2.14. The first-order valence-corrected chi connectivity index (χ1v) is 9.71. The summed E-state index contributed by atoms with van der Waals surface area (Å²) in [5.74, 6) is 0. The van der Waals surface area contributed by atoms with Crippen molar-refractivity contribution in [3.8, 4) is 10.4 Å². The first kappa shape index (κ1) is 18.6. The van der Waals surface area contributed by atoms with E-state index in [-0.39, 0.29) is 0 Å². The van der Waals surface area contributed by atoms with E-state index in [4.69, 9.17) is 17.0 Å². The highest BCUT2D eigenvalue weighted by molar-refractivity contribution is 7.80. The molecule has 1 aromatic carbocycles. The summed E-state index contributed by atoms with van der Waals surface area (Å²) < 4.78 is 5.03. The zero-order valence-electron chi connectivity index (χ0n) is 14.6. The SMILES string of the molecule is COCCCNC(=S)NNC1=CCC=Nc2cc(-c3ccccc3)sc21.